The lowest BCUT2D eigenvalue weighted by Gasteiger charge is -2.30. The Balaban J connectivity index is 1.53. The fourth-order valence-corrected chi connectivity index (χ4v) is 6.08. The highest BCUT2D eigenvalue weighted by molar-refractivity contribution is 7.89. The lowest BCUT2D eigenvalue weighted by molar-refractivity contribution is -0.133. The first-order chi connectivity index (χ1) is 19.4. The molecule has 0 fully saturated rings. The molecule has 0 spiro atoms. The average Bonchev–Trinajstić information content (AvgIpc) is 3.63. The van der Waals surface area contributed by atoms with E-state index in [0.29, 0.717) is 35.1 Å². The van der Waals surface area contributed by atoms with Crippen molar-refractivity contribution < 1.29 is 32.6 Å². The monoisotopic (exact) mass is 564 g/mol. The van der Waals surface area contributed by atoms with Crippen LogP contribution in [-0.2, 0) is 34.3 Å². The summed E-state index contributed by atoms with van der Waals surface area (Å²) in [4.78, 5) is 17.3. The van der Waals surface area contributed by atoms with Crippen LogP contribution >= 0.6 is 0 Å². The van der Waals surface area contributed by atoms with E-state index in [2.05, 4.69) is 4.98 Å². The van der Waals surface area contributed by atoms with Gasteiger partial charge in [-0.15, -0.1) is 0 Å². The van der Waals surface area contributed by atoms with Crippen LogP contribution in [0.2, 0.25) is 0 Å². The van der Waals surface area contributed by atoms with E-state index in [1.54, 1.807) is 36.2 Å². The van der Waals surface area contributed by atoms with Crippen LogP contribution in [0.4, 0.5) is 0 Å². The molecule has 12 heteroatoms. The van der Waals surface area contributed by atoms with Gasteiger partial charge >= 0.3 is 0 Å². The molecule has 2 N–H and O–H groups in total. The van der Waals surface area contributed by atoms with Crippen LogP contribution in [0.5, 0.6) is 17.2 Å². The predicted octanol–water partition coefficient (Wildman–Crippen LogP) is 2.98. The van der Waals surface area contributed by atoms with Crippen LogP contribution in [0.1, 0.15) is 16.8 Å². The number of rotatable bonds is 11. The second-order valence-corrected chi connectivity index (χ2v) is 11.0. The molecule has 0 saturated carbocycles. The number of benzene rings is 3. The van der Waals surface area contributed by atoms with Crippen molar-refractivity contribution in [3.63, 3.8) is 0 Å². The van der Waals surface area contributed by atoms with Crippen LogP contribution in [0, 0.1) is 0 Å². The number of amides is 1. The predicted molar refractivity (Wildman–Crippen MR) is 143 cm³/mol. The maximum absolute atomic E-state index is 14.1. The molecule has 40 heavy (non-hydrogen) atoms. The molecule has 11 nitrogen and oxygen atoms in total. The summed E-state index contributed by atoms with van der Waals surface area (Å²) in [5.74, 6) is 0.618. The molecule has 0 bridgehead atoms. The van der Waals surface area contributed by atoms with Crippen LogP contribution in [0.15, 0.2) is 90.2 Å². The molecule has 1 aliphatic rings. The topological polar surface area (TPSA) is 132 Å². The van der Waals surface area contributed by atoms with Gasteiger partial charge in [0.05, 0.1) is 18.3 Å². The summed E-state index contributed by atoms with van der Waals surface area (Å²) in [5.41, 5.74) is 3.84. The van der Waals surface area contributed by atoms with E-state index in [0.717, 1.165) is 9.87 Å². The van der Waals surface area contributed by atoms with Crippen molar-refractivity contribution in [3.8, 4) is 17.2 Å². The second kappa shape index (κ2) is 11.8. The molecule has 1 amide bonds. The third-order valence-electron chi connectivity index (χ3n) is 6.60. The Morgan fingerprint density at radius 2 is 1.82 bits per heavy atom. The number of carbonyl (C=O) groups excluding carboxylic acids is 1. The molecule has 1 aliphatic heterocycles. The summed E-state index contributed by atoms with van der Waals surface area (Å²) in [6.45, 7) is 0.348. The third-order valence-corrected chi connectivity index (χ3v) is 8.47. The van der Waals surface area contributed by atoms with Gasteiger partial charge < -0.3 is 18.8 Å². The van der Waals surface area contributed by atoms with Crippen LogP contribution < -0.4 is 19.7 Å². The first-order valence-electron chi connectivity index (χ1n) is 12.4. The molecule has 4 aromatic rings. The van der Waals surface area contributed by atoms with Crippen molar-refractivity contribution in [1.82, 2.24) is 19.3 Å². The van der Waals surface area contributed by atoms with Gasteiger partial charge in [0.2, 0.25) is 16.8 Å². The number of ether oxygens (including phenoxy) is 3. The number of carbonyl (C=O) groups is 1. The Hall–Kier alpha value is -4.39. The zero-order valence-corrected chi connectivity index (χ0v) is 22.5. The van der Waals surface area contributed by atoms with Crippen molar-refractivity contribution in [2.75, 3.05) is 13.9 Å². The Bertz CT molecular complexity index is 1570. The molecular weight excluding hydrogens is 536 g/mol. The zero-order chi connectivity index (χ0) is 28.1. The van der Waals surface area contributed by atoms with E-state index >= 15 is 0 Å². The Labute approximate surface area is 231 Å². The van der Waals surface area contributed by atoms with E-state index in [1.165, 1.54) is 31.4 Å². The van der Waals surface area contributed by atoms with E-state index in [1.807, 2.05) is 34.9 Å². The van der Waals surface area contributed by atoms with E-state index < -0.39 is 22.0 Å². The maximum Gasteiger partial charge on any atom is 0.262 e. The van der Waals surface area contributed by atoms with Crippen molar-refractivity contribution in [2.24, 2.45) is 0 Å². The highest BCUT2D eigenvalue weighted by Crippen LogP contribution is 2.34. The molecule has 0 radical (unpaired) electrons. The molecule has 1 atom stereocenters. The summed E-state index contributed by atoms with van der Waals surface area (Å²) in [6, 6.07) is 19.3. The molecule has 2 heterocycles. The van der Waals surface area contributed by atoms with Crippen molar-refractivity contribution >= 4 is 15.9 Å². The molecule has 208 valence electrons. The first kappa shape index (κ1) is 27.2. The molecule has 0 aliphatic carbocycles. The number of aromatic nitrogens is 2. The van der Waals surface area contributed by atoms with Gasteiger partial charge in [-0.25, -0.2) is 18.9 Å². The fourth-order valence-electron chi connectivity index (χ4n) is 4.50. The summed E-state index contributed by atoms with van der Waals surface area (Å²) in [5, 5.41) is 9.69. The maximum atomic E-state index is 14.1. The van der Waals surface area contributed by atoms with Gasteiger partial charge in [0.15, 0.2) is 11.5 Å². The standard InChI is InChI=1S/C28H28N4O7S/c1-37-23-8-10-24(11-9-23)40(35,36)32(17-21-7-12-26-27(13-21)39-19-38-26)25(28(33)30-34)14-22-15-29-18-31(22)16-20-5-3-2-4-6-20/h2-13,15,18,25,34H,14,16-17,19H2,1H3,(H,30,33)/t25-/m1/s1. The minimum Gasteiger partial charge on any atom is -0.497 e. The van der Waals surface area contributed by atoms with E-state index in [-0.39, 0.29) is 24.7 Å². The van der Waals surface area contributed by atoms with Gasteiger partial charge in [-0.05, 0) is 47.5 Å². The molecular formula is C28H28N4O7S. The second-order valence-electron chi connectivity index (χ2n) is 9.11. The smallest absolute Gasteiger partial charge is 0.262 e. The Morgan fingerprint density at radius 3 is 2.55 bits per heavy atom. The summed E-state index contributed by atoms with van der Waals surface area (Å²) < 4.78 is 47.1. The van der Waals surface area contributed by atoms with Gasteiger partial charge in [0, 0.05) is 31.4 Å². The minimum atomic E-state index is -4.26. The van der Waals surface area contributed by atoms with Crippen molar-refractivity contribution in [1.29, 1.82) is 0 Å². The highest BCUT2D eigenvalue weighted by atomic mass is 32.2. The minimum absolute atomic E-state index is 0.0393. The molecule has 0 unspecified atom stereocenters. The fraction of sp³-hybridized carbons (Fsp3) is 0.214. The SMILES string of the molecule is COc1ccc(S(=O)(=O)N(Cc2ccc3c(c2)OCO3)[C@H](Cc2cncn2Cc2ccccc2)C(=O)NO)cc1. The number of sulfonamides is 1. The summed E-state index contributed by atoms with van der Waals surface area (Å²) in [6.07, 6.45) is 3.15. The van der Waals surface area contributed by atoms with Gasteiger partial charge in [0.1, 0.15) is 11.8 Å². The van der Waals surface area contributed by atoms with Gasteiger partial charge in [-0.3, -0.25) is 10.0 Å². The lowest BCUT2D eigenvalue weighted by atomic mass is 10.1. The average molecular weight is 565 g/mol. The first-order valence-corrected chi connectivity index (χ1v) is 13.8. The molecule has 3 aromatic carbocycles. The van der Waals surface area contributed by atoms with Gasteiger partial charge in [-0.2, -0.15) is 4.31 Å². The quantitative estimate of drug-likeness (QED) is 0.210. The number of hydrogen-bond donors (Lipinski definition) is 2. The number of methoxy groups -OCH3 is 1. The van der Waals surface area contributed by atoms with Gasteiger partial charge in [0.25, 0.3) is 5.91 Å². The highest BCUT2D eigenvalue weighted by Gasteiger charge is 2.37. The number of hydrogen-bond acceptors (Lipinski definition) is 8. The van der Waals surface area contributed by atoms with Crippen LogP contribution in [0.3, 0.4) is 0 Å². The van der Waals surface area contributed by atoms with Crippen molar-refractivity contribution in [3.05, 3.63) is 102 Å². The lowest BCUT2D eigenvalue weighted by Crippen LogP contribution is -2.50. The van der Waals surface area contributed by atoms with E-state index in [9.17, 15) is 18.4 Å². The Morgan fingerprint density at radius 1 is 1.07 bits per heavy atom. The number of hydroxylamine groups is 1. The normalized spacial score (nSPS) is 13.3. The summed E-state index contributed by atoms with van der Waals surface area (Å²) >= 11 is 0. The number of nitrogens with zero attached hydrogens (tertiary/aromatic N) is 3. The van der Waals surface area contributed by atoms with Crippen LogP contribution in [-0.4, -0.2) is 53.3 Å². The zero-order valence-electron chi connectivity index (χ0n) is 21.6. The van der Waals surface area contributed by atoms with Crippen LogP contribution in [0.25, 0.3) is 0 Å². The molecule has 0 saturated heterocycles. The molecule has 5 rings (SSSR count). The molecule has 1 aromatic heterocycles. The third kappa shape index (κ3) is 5.78. The number of nitrogens with one attached hydrogen (secondary N) is 1. The van der Waals surface area contributed by atoms with E-state index in [4.69, 9.17) is 14.2 Å². The number of imidazole rings is 1. The van der Waals surface area contributed by atoms with Crippen molar-refractivity contribution in [2.45, 2.75) is 30.4 Å². The largest absolute Gasteiger partial charge is 0.497 e. The summed E-state index contributed by atoms with van der Waals surface area (Å²) in [7, 11) is -2.78. The van der Waals surface area contributed by atoms with Gasteiger partial charge in [-0.1, -0.05) is 36.4 Å². The Kier molecular flexibility index (Phi) is 8.01. The number of fused-ring (bicyclic) bond motifs is 1.